The van der Waals surface area contributed by atoms with Crippen LogP contribution in [0.4, 0.5) is 0 Å². The van der Waals surface area contributed by atoms with Crippen molar-refractivity contribution in [1.29, 1.82) is 0 Å². The lowest BCUT2D eigenvalue weighted by atomic mass is 9.99. The highest BCUT2D eigenvalue weighted by Gasteiger charge is 2.44. The largest absolute Gasteiger partial charge is 0.360 e. The average molecular weight is 395 g/mol. The second kappa shape index (κ2) is 5.72. The van der Waals surface area contributed by atoms with E-state index in [1.54, 1.807) is 6.92 Å². The van der Waals surface area contributed by atoms with Crippen LogP contribution in [0.1, 0.15) is 20.3 Å². The highest BCUT2D eigenvalue weighted by atomic mass is 79.9. The summed E-state index contributed by atoms with van der Waals surface area (Å²) in [6, 6.07) is 0. The molecule has 0 amide bonds. The van der Waals surface area contributed by atoms with Crippen LogP contribution in [-0.2, 0) is 4.74 Å². The summed E-state index contributed by atoms with van der Waals surface area (Å²) in [6.45, 7) is 3.58. The van der Waals surface area contributed by atoms with E-state index in [0.29, 0.717) is 17.0 Å². The van der Waals surface area contributed by atoms with Gasteiger partial charge in [0.05, 0.1) is 6.10 Å². The molecule has 0 aromatic rings. The van der Waals surface area contributed by atoms with Crippen molar-refractivity contribution in [3.8, 4) is 0 Å². The number of halogens is 4. The molecule has 2 unspecified atom stereocenters. The quantitative estimate of drug-likeness (QED) is 0.710. The van der Waals surface area contributed by atoms with Crippen molar-refractivity contribution in [3.05, 3.63) is 21.7 Å². The van der Waals surface area contributed by atoms with E-state index in [9.17, 15) is 5.11 Å². The SMILES string of the molecule is CC1=C(Cl)CC(/C(C)=C/Cl)OC1(O)C(Br)Br. The van der Waals surface area contributed by atoms with Gasteiger partial charge in [-0.3, -0.25) is 0 Å². The smallest absolute Gasteiger partial charge is 0.213 e. The zero-order valence-electron chi connectivity index (χ0n) is 8.81. The van der Waals surface area contributed by atoms with E-state index in [1.165, 1.54) is 5.54 Å². The van der Waals surface area contributed by atoms with Crippen molar-refractivity contribution in [1.82, 2.24) is 0 Å². The van der Waals surface area contributed by atoms with Crippen molar-refractivity contribution in [2.24, 2.45) is 0 Å². The predicted octanol–water partition coefficient (Wildman–Crippen LogP) is 4.24. The fourth-order valence-electron chi connectivity index (χ4n) is 1.40. The van der Waals surface area contributed by atoms with Gasteiger partial charge >= 0.3 is 0 Å². The molecule has 0 bridgehead atoms. The maximum Gasteiger partial charge on any atom is 0.213 e. The second-order valence-electron chi connectivity index (χ2n) is 3.69. The monoisotopic (exact) mass is 392 g/mol. The van der Waals surface area contributed by atoms with E-state index in [-0.39, 0.29) is 6.10 Å². The third kappa shape index (κ3) is 2.85. The number of rotatable bonds is 2. The Balaban J connectivity index is 3.09. The van der Waals surface area contributed by atoms with Gasteiger partial charge in [0.25, 0.3) is 0 Å². The highest BCUT2D eigenvalue weighted by Crippen LogP contribution is 2.42. The Morgan fingerprint density at radius 2 is 2.25 bits per heavy atom. The number of alkyl halides is 2. The van der Waals surface area contributed by atoms with Crippen LogP contribution in [0.5, 0.6) is 0 Å². The molecule has 92 valence electrons. The van der Waals surface area contributed by atoms with Crippen molar-refractivity contribution in [2.75, 3.05) is 0 Å². The Morgan fingerprint density at radius 3 is 2.69 bits per heavy atom. The van der Waals surface area contributed by atoms with Crippen LogP contribution in [0.25, 0.3) is 0 Å². The van der Waals surface area contributed by atoms with Gasteiger partial charge in [0.2, 0.25) is 5.79 Å². The standard InChI is InChI=1S/C10H12Br2Cl2O2/c1-5(4-13)8-3-7(14)6(2)10(15,16-8)9(11)12/h4,8-9,15H,3H2,1-2H3/b5-4+. The van der Waals surface area contributed by atoms with Gasteiger partial charge in [-0.25, -0.2) is 0 Å². The molecule has 0 saturated carbocycles. The Morgan fingerprint density at radius 1 is 1.69 bits per heavy atom. The molecule has 0 spiro atoms. The molecular formula is C10H12Br2Cl2O2. The van der Waals surface area contributed by atoms with Gasteiger partial charge in [-0.15, -0.1) is 0 Å². The average Bonchev–Trinajstić information content (AvgIpc) is 2.23. The van der Waals surface area contributed by atoms with Gasteiger partial charge in [-0.1, -0.05) is 55.1 Å². The number of aliphatic hydroxyl groups is 1. The summed E-state index contributed by atoms with van der Waals surface area (Å²) in [4.78, 5) is 0. The van der Waals surface area contributed by atoms with Crippen molar-refractivity contribution in [3.63, 3.8) is 0 Å². The molecule has 1 aliphatic heterocycles. The van der Waals surface area contributed by atoms with Gasteiger partial charge in [-0.2, -0.15) is 0 Å². The zero-order valence-corrected chi connectivity index (χ0v) is 13.5. The highest BCUT2D eigenvalue weighted by molar-refractivity contribution is 9.24. The van der Waals surface area contributed by atoms with Crippen molar-refractivity contribution < 1.29 is 9.84 Å². The van der Waals surface area contributed by atoms with Gasteiger partial charge in [0.15, 0.2) is 0 Å². The summed E-state index contributed by atoms with van der Waals surface area (Å²) in [7, 11) is 0. The number of hydrogen-bond acceptors (Lipinski definition) is 2. The minimum atomic E-state index is -1.46. The van der Waals surface area contributed by atoms with E-state index in [2.05, 4.69) is 31.9 Å². The van der Waals surface area contributed by atoms with Gasteiger partial charge in [0, 0.05) is 22.6 Å². The summed E-state index contributed by atoms with van der Waals surface area (Å²) in [6.07, 6.45) is 0.216. The molecule has 0 aromatic carbocycles. The first-order valence-corrected chi connectivity index (χ1v) is 7.28. The molecule has 2 nitrogen and oxygen atoms in total. The third-order valence-electron chi connectivity index (χ3n) is 2.61. The van der Waals surface area contributed by atoms with Crippen LogP contribution in [0.2, 0.25) is 0 Å². The molecule has 6 heteroatoms. The zero-order chi connectivity index (χ0) is 12.5. The fourth-order valence-corrected chi connectivity index (χ4v) is 2.72. The molecule has 0 aliphatic carbocycles. The van der Waals surface area contributed by atoms with Crippen LogP contribution in [0, 0.1) is 0 Å². The van der Waals surface area contributed by atoms with Crippen LogP contribution >= 0.6 is 55.1 Å². The van der Waals surface area contributed by atoms with E-state index >= 15 is 0 Å². The predicted molar refractivity (Wildman–Crippen MR) is 74.2 cm³/mol. The first-order chi connectivity index (χ1) is 7.32. The molecule has 1 heterocycles. The molecule has 1 aliphatic rings. The normalized spacial score (nSPS) is 32.5. The Labute approximate surface area is 122 Å². The molecule has 0 fully saturated rings. The van der Waals surface area contributed by atoms with E-state index in [1.807, 2.05) is 6.92 Å². The maximum atomic E-state index is 10.4. The summed E-state index contributed by atoms with van der Waals surface area (Å²) in [5, 5.41) is 11.0. The molecule has 1 rings (SSSR count). The molecule has 1 N–H and O–H groups in total. The van der Waals surface area contributed by atoms with Crippen LogP contribution in [0.15, 0.2) is 21.7 Å². The van der Waals surface area contributed by atoms with Gasteiger partial charge < -0.3 is 9.84 Å². The van der Waals surface area contributed by atoms with E-state index in [4.69, 9.17) is 27.9 Å². The van der Waals surface area contributed by atoms with Crippen molar-refractivity contribution >= 4 is 55.1 Å². The summed E-state index contributed by atoms with van der Waals surface area (Å²) in [5.74, 6) is -1.46. The Bertz CT molecular complexity index is 342. The van der Waals surface area contributed by atoms with Gasteiger partial charge in [0.1, 0.15) is 3.74 Å². The second-order valence-corrected chi connectivity index (χ2v) is 7.43. The molecule has 0 aromatic heterocycles. The topological polar surface area (TPSA) is 29.5 Å². The first-order valence-electron chi connectivity index (χ1n) is 4.63. The summed E-state index contributed by atoms with van der Waals surface area (Å²) in [5.41, 5.74) is 2.87. The van der Waals surface area contributed by atoms with E-state index in [0.717, 1.165) is 5.57 Å². The number of hydrogen-bond donors (Lipinski definition) is 1. The minimum absolute atomic E-state index is 0.309. The summed E-state index contributed by atoms with van der Waals surface area (Å²) >= 11 is 18.3. The van der Waals surface area contributed by atoms with Gasteiger partial charge in [-0.05, 0) is 19.4 Å². The van der Waals surface area contributed by atoms with E-state index < -0.39 is 9.52 Å². The fraction of sp³-hybridized carbons (Fsp3) is 0.600. The molecule has 0 saturated heterocycles. The summed E-state index contributed by atoms with van der Waals surface area (Å²) < 4.78 is 5.20. The lowest BCUT2D eigenvalue weighted by Crippen LogP contribution is -2.46. The molecule has 16 heavy (non-hydrogen) atoms. The minimum Gasteiger partial charge on any atom is -0.360 e. The lowest BCUT2D eigenvalue weighted by molar-refractivity contribution is -0.189. The van der Waals surface area contributed by atoms with Crippen LogP contribution in [0.3, 0.4) is 0 Å². The number of ether oxygens (including phenoxy) is 1. The molecular weight excluding hydrogens is 383 g/mol. The lowest BCUT2D eigenvalue weighted by Gasteiger charge is -2.39. The molecule has 0 radical (unpaired) electrons. The maximum absolute atomic E-state index is 10.4. The third-order valence-corrected chi connectivity index (χ3v) is 4.63. The van der Waals surface area contributed by atoms with Crippen LogP contribution < -0.4 is 0 Å². The Kier molecular flexibility index (Phi) is 5.36. The van der Waals surface area contributed by atoms with Crippen LogP contribution in [-0.4, -0.2) is 20.7 Å². The Hall–Kier alpha value is 0.940. The first kappa shape index (κ1) is 15.0. The molecule has 2 atom stereocenters. The van der Waals surface area contributed by atoms with Crippen molar-refractivity contribution in [2.45, 2.75) is 35.9 Å².